The van der Waals surface area contributed by atoms with E-state index in [0.29, 0.717) is 0 Å². The van der Waals surface area contributed by atoms with Crippen molar-refractivity contribution in [3.63, 3.8) is 0 Å². The van der Waals surface area contributed by atoms with Crippen molar-refractivity contribution in [1.29, 1.82) is 0 Å². The molecule has 0 amide bonds. The van der Waals surface area contributed by atoms with Crippen LogP contribution >= 0.6 is 0 Å². The zero-order valence-corrected chi connectivity index (χ0v) is 17.5. The molecule has 0 bridgehead atoms. The summed E-state index contributed by atoms with van der Waals surface area (Å²) in [5.74, 6) is -3.10. The van der Waals surface area contributed by atoms with Crippen molar-refractivity contribution in [3.05, 3.63) is 0 Å². The molecule has 31 heavy (non-hydrogen) atoms. The van der Waals surface area contributed by atoms with Crippen LogP contribution in [0.25, 0.3) is 0 Å². The largest absolute Gasteiger partial charge is 0.480 e. The normalized spacial score (nSPS) is 21.0. The van der Waals surface area contributed by atoms with E-state index >= 15 is 0 Å². The standard InChI is InChI=1S/C18H34N4O9/c23-12-14(15(25)13-24)22-7-5-20(10-17(28)29)3-1-19(9-16(26)27)2-4-21(6-8-22)11-18(30)31/h14-15,23-25H,1-13H2,(H,26,27)(H,28,29)(H,30,31). The van der Waals surface area contributed by atoms with Gasteiger partial charge in [0, 0.05) is 52.4 Å². The van der Waals surface area contributed by atoms with Crippen LogP contribution in [0, 0.1) is 0 Å². The van der Waals surface area contributed by atoms with Crippen molar-refractivity contribution in [1.82, 2.24) is 19.6 Å². The number of hydrogen-bond donors (Lipinski definition) is 6. The van der Waals surface area contributed by atoms with Crippen molar-refractivity contribution >= 4 is 17.9 Å². The van der Waals surface area contributed by atoms with E-state index in [1.54, 1.807) is 19.6 Å². The van der Waals surface area contributed by atoms with Gasteiger partial charge in [-0.3, -0.25) is 34.0 Å². The highest BCUT2D eigenvalue weighted by Crippen LogP contribution is 2.08. The summed E-state index contributed by atoms with van der Waals surface area (Å²) >= 11 is 0. The summed E-state index contributed by atoms with van der Waals surface area (Å²) in [7, 11) is 0. The Balaban J connectivity index is 3.05. The lowest BCUT2D eigenvalue weighted by Crippen LogP contribution is -2.54. The van der Waals surface area contributed by atoms with Crippen LogP contribution in [0.15, 0.2) is 0 Å². The number of aliphatic hydroxyl groups excluding tert-OH is 3. The van der Waals surface area contributed by atoms with Crippen LogP contribution in [0.2, 0.25) is 0 Å². The first-order valence-electron chi connectivity index (χ1n) is 10.1. The summed E-state index contributed by atoms with van der Waals surface area (Å²) < 4.78 is 0. The topological polar surface area (TPSA) is 186 Å². The monoisotopic (exact) mass is 450 g/mol. The third-order valence-electron chi connectivity index (χ3n) is 5.24. The van der Waals surface area contributed by atoms with Crippen LogP contribution in [0.3, 0.4) is 0 Å². The fourth-order valence-electron chi connectivity index (χ4n) is 3.53. The van der Waals surface area contributed by atoms with Gasteiger partial charge in [0.05, 0.1) is 45.0 Å². The molecule has 180 valence electrons. The molecular weight excluding hydrogens is 416 g/mol. The highest BCUT2D eigenvalue weighted by atomic mass is 16.4. The minimum absolute atomic E-state index is 0.247. The van der Waals surface area contributed by atoms with Crippen molar-refractivity contribution in [2.24, 2.45) is 0 Å². The molecular formula is C18H34N4O9. The quantitative estimate of drug-likeness (QED) is 0.190. The minimum Gasteiger partial charge on any atom is -0.480 e. The van der Waals surface area contributed by atoms with Crippen molar-refractivity contribution in [2.45, 2.75) is 12.1 Å². The Labute approximate surface area is 180 Å². The van der Waals surface area contributed by atoms with Crippen LogP contribution in [0.4, 0.5) is 0 Å². The van der Waals surface area contributed by atoms with Crippen LogP contribution in [0.5, 0.6) is 0 Å². The Kier molecular flexibility index (Phi) is 12.5. The van der Waals surface area contributed by atoms with Crippen molar-refractivity contribution < 1.29 is 45.0 Å². The number of carbonyl (C=O) groups is 3. The average molecular weight is 450 g/mol. The highest BCUT2D eigenvalue weighted by molar-refractivity contribution is 5.69. The third-order valence-corrected chi connectivity index (χ3v) is 5.24. The molecule has 0 spiro atoms. The molecule has 1 aliphatic heterocycles. The van der Waals surface area contributed by atoms with Gasteiger partial charge in [-0.2, -0.15) is 0 Å². The second-order valence-electron chi connectivity index (χ2n) is 7.55. The summed E-state index contributed by atoms with van der Waals surface area (Å²) in [6, 6.07) is -0.796. The SMILES string of the molecule is O=C(O)CN1CCN(CC(=O)O)CCN(C(CO)C(O)CO)CCN(CC(=O)O)CC1. The molecule has 1 rings (SSSR count). The Hall–Kier alpha value is -1.87. The molecule has 1 saturated heterocycles. The molecule has 1 fully saturated rings. The molecule has 1 aliphatic rings. The van der Waals surface area contributed by atoms with Crippen LogP contribution in [-0.2, 0) is 14.4 Å². The first-order valence-corrected chi connectivity index (χ1v) is 10.1. The van der Waals surface area contributed by atoms with Gasteiger partial charge in [0.25, 0.3) is 0 Å². The predicted molar refractivity (Wildman–Crippen MR) is 108 cm³/mol. The van der Waals surface area contributed by atoms with Gasteiger partial charge < -0.3 is 30.6 Å². The van der Waals surface area contributed by atoms with E-state index in [0.717, 1.165) is 0 Å². The van der Waals surface area contributed by atoms with Gasteiger partial charge in [0.15, 0.2) is 0 Å². The summed E-state index contributed by atoms with van der Waals surface area (Å²) in [6.07, 6.45) is -1.22. The summed E-state index contributed by atoms with van der Waals surface area (Å²) in [6.45, 7) is 0.396. The molecule has 0 aromatic heterocycles. The lowest BCUT2D eigenvalue weighted by atomic mass is 10.1. The number of carboxylic acids is 3. The maximum atomic E-state index is 11.2. The zero-order chi connectivity index (χ0) is 23.4. The third kappa shape index (κ3) is 10.8. The fraction of sp³-hybridized carbons (Fsp3) is 0.833. The number of aliphatic hydroxyl groups is 3. The van der Waals surface area contributed by atoms with E-state index in [2.05, 4.69) is 0 Å². The van der Waals surface area contributed by atoms with Crippen LogP contribution < -0.4 is 0 Å². The van der Waals surface area contributed by atoms with Gasteiger partial charge in [0.1, 0.15) is 0 Å². The minimum atomic E-state index is -1.22. The number of aliphatic carboxylic acids is 3. The molecule has 13 heteroatoms. The molecule has 13 nitrogen and oxygen atoms in total. The number of nitrogens with zero attached hydrogens (tertiary/aromatic N) is 4. The van der Waals surface area contributed by atoms with Gasteiger partial charge in [-0.1, -0.05) is 0 Å². The van der Waals surface area contributed by atoms with E-state index in [-0.39, 0.29) is 72.0 Å². The fourth-order valence-corrected chi connectivity index (χ4v) is 3.53. The van der Waals surface area contributed by atoms with Gasteiger partial charge in [-0.15, -0.1) is 0 Å². The summed E-state index contributed by atoms with van der Waals surface area (Å²) in [5.41, 5.74) is 0. The molecule has 2 atom stereocenters. The molecule has 0 radical (unpaired) electrons. The maximum Gasteiger partial charge on any atom is 0.317 e. The number of rotatable bonds is 10. The predicted octanol–water partition coefficient (Wildman–Crippen LogP) is -3.82. The van der Waals surface area contributed by atoms with E-state index in [1.165, 1.54) is 0 Å². The van der Waals surface area contributed by atoms with Crippen molar-refractivity contribution in [3.8, 4) is 0 Å². The maximum absolute atomic E-state index is 11.2. The molecule has 2 unspecified atom stereocenters. The number of carboxylic acid groups (broad SMARTS) is 3. The van der Waals surface area contributed by atoms with Crippen molar-refractivity contribution in [2.75, 3.05) is 85.2 Å². The molecule has 0 aromatic rings. The lowest BCUT2D eigenvalue weighted by Gasteiger charge is -2.37. The first kappa shape index (κ1) is 27.2. The molecule has 0 saturated carbocycles. The van der Waals surface area contributed by atoms with Crippen LogP contribution in [0.1, 0.15) is 0 Å². The van der Waals surface area contributed by atoms with Gasteiger partial charge >= 0.3 is 17.9 Å². The van der Waals surface area contributed by atoms with E-state index in [9.17, 15) is 39.9 Å². The van der Waals surface area contributed by atoms with Gasteiger partial charge in [0.2, 0.25) is 0 Å². The molecule has 1 heterocycles. The Bertz CT molecular complexity index is 548. The zero-order valence-electron chi connectivity index (χ0n) is 17.5. The smallest absolute Gasteiger partial charge is 0.317 e. The molecule has 0 aromatic carbocycles. The Morgan fingerprint density at radius 2 is 0.935 bits per heavy atom. The van der Waals surface area contributed by atoms with Gasteiger partial charge in [-0.05, 0) is 0 Å². The second-order valence-corrected chi connectivity index (χ2v) is 7.55. The average Bonchev–Trinajstić information content (AvgIpc) is 2.68. The van der Waals surface area contributed by atoms with E-state index in [1.807, 2.05) is 0 Å². The van der Waals surface area contributed by atoms with E-state index in [4.69, 9.17) is 5.11 Å². The van der Waals surface area contributed by atoms with Crippen LogP contribution in [-0.4, -0.2) is 165 Å². The number of hydrogen-bond acceptors (Lipinski definition) is 10. The molecule has 0 aliphatic carbocycles. The Morgan fingerprint density at radius 1 is 0.613 bits per heavy atom. The summed E-state index contributed by atoms with van der Waals surface area (Å²) in [4.78, 5) is 40.3. The second kappa shape index (κ2) is 14.2. The molecule has 6 N–H and O–H groups in total. The summed E-state index contributed by atoms with van der Waals surface area (Å²) in [5, 5.41) is 56.6. The van der Waals surface area contributed by atoms with E-state index < -0.39 is 43.3 Å². The highest BCUT2D eigenvalue weighted by Gasteiger charge is 2.27. The first-order chi connectivity index (χ1) is 14.7. The Morgan fingerprint density at radius 3 is 1.19 bits per heavy atom. The lowest BCUT2D eigenvalue weighted by molar-refractivity contribution is -0.140. The van der Waals surface area contributed by atoms with Gasteiger partial charge in [-0.25, -0.2) is 0 Å².